The molecule has 124 valence electrons. The number of methoxy groups -OCH3 is 1. The maximum Gasteiger partial charge on any atom is 0.337 e. The lowest BCUT2D eigenvalue weighted by molar-refractivity contribution is -0.0000192. The Bertz CT molecular complexity index is 882. The SMILES string of the molecule is COC(=O)c1ccc2nc(C)cc(Nc3ccc(Br)cc3)c2c1.[Cl-]. The molecule has 1 N–H and O–H groups in total. The molecule has 4 nitrogen and oxygen atoms in total. The van der Waals surface area contributed by atoms with Crippen LogP contribution >= 0.6 is 15.9 Å². The van der Waals surface area contributed by atoms with Crippen LogP contribution in [0.4, 0.5) is 11.4 Å². The minimum absolute atomic E-state index is 0. The Balaban J connectivity index is 0.00000208. The Labute approximate surface area is 154 Å². The summed E-state index contributed by atoms with van der Waals surface area (Å²) in [5.41, 5.74) is 4.11. The average molecular weight is 407 g/mol. The maximum absolute atomic E-state index is 11.8. The highest BCUT2D eigenvalue weighted by Gasteiger charge is 2.10. The quantitative estimate of drug-likeness (QED) is 0.675. The maximum atomic E-state index is 11.8. The number of nitrogens with one attached hydrogen (secondary N) is 1. The van der Waals surface area contributed by atoms with Crippen molar-refractivity contribution in [1.82, 2.24) is 4.98 Å². The average Bonchev–Trinajstić information content (AvgIpc) is 2.55. The zero-order valence-electron chi connectivity index (χ0n) is 13.1. The molecule has 0 fully saturated rings. The van der Waals surface area contributed by atoms with Crippen LogP contribution < -0.4 is 17.7 Å². The van der Waals surface area contributed by atoms with E-state index in [2.05, 4.69) is 26.2 Å². The van der Waals surface area contributed by atoms with Gasteiger partial charge in [0.2, 0.25) is 0 Å². The first-order valence-electron chi connectivity index (χ1n) is 7.09. The van der Waals surface area contributed by atoms with Crippen molar-refractivity contribution in [3.05, 3.63) is 64.3 Å². The number of anilines is 2. The van der Waals surface area contributed by atoms with Gasteiger partial charge in [0.1, 0.15) is 0 Å². The molecule has 24 heavy (non-hydrogen) atoms. The number of esters is 1. The van der Waals surface area contributed by atoms with Crippen molar-refractivity contribution in [1.29, 1.82) is 0 Å². The Morgan fingerprint density at radius 3 is 2.50 bits per heavy atom. The highest BCUT2D eigenvalue weighted by Crippen LogP contribution is 2.28. The van der Waals surface area contributed by atoms with Crippen LogP contribution in [-0.2, 0) is 4.74 Å². The van der Waals surface area contributed by atoms with Gasteiger partial charge in [0.15, 0.2) is 0 Å². The first kappa shape index (κ1) is 18.2. The van der Waals surface area contributed by atoms with Crippen LogP contribution in [0.25, 0.3) is 10.9 Å². The van der Waals surface area contributed by atoms with Gasteiger partial charge in [0, 0.05) is 26.9 Å². The van der Waals surface area contributed by atoms with Crippen molar-refractivity contribution in [2.75, 3.05) is 12.4 Å². The van der Waals surface area contributed by atoms with Crippen LogP contribution in [-0.4, -0.2) is 18.1 Å². The second-order valence-corrected chi connectivity index (χ2v) is 6.08. The molecule has 3 rings (SSSR count). The predicted octanol–water partition coefficient (Wildman–Crippen LogP) is 1.84. The fraction of sp³-hybridized carbons (Fsp3) is 0.111. The van der Waals surface area contributed by atoms with E-state index in [0.717, 1.165) is 32.4 Å². The number of aromatic nitrogens is 1. The number of hydrogen-bond donors (Lipinski definition) is 1. The summed E-state index contributed by atoms with van der Waals surface area (Å²) >= 11 is 3.43. The molecule has 0 radical (unpaired) electrons. The van der Waals surface area contributed by atoms with Crippen LogP contribution in [0.1, 0.15) is 16.1 Å². The van der Waals surface area contributed by atoms with Crippen molar-refractivity contribution in [2.45, 2.75) is 6.92 Å². The van der Waals surface area contributed by atoms with Crippen molar-refractivity contribution in [3.8, 4) is 0 Å². The minimum atomic E-state index is -0.359. The van der Waals surface area contributed by atoms with E-state index in [1.165, 1.54) is 7.11 Å². The first-order chi connectivity index (χ1) is 11.1. The molecule has 0 aliphatic carbocycles. The third-order valence-corrected chi connectivity index (χ3v) is 4.01. The number of fused-ring (bicyclic) bond motifs is 1. The Morgan fingerprint density at radius 1 is 1.12 bits per heavy atom. The smallest absolute Gasteiger partial charge is 0.337 e. The lowest BCUT2D eigenvalue weighted by atomic mass is 10.1. The molecule has 2 aromatic carbocycles. The molecule has 0 amide bonds. The van der Waals surface area contributed by atoms with Gasteiger partial charge in [0.25, 0.3) is 0 Å². The van der Waals surface area contributed by atoms with E-state index in [1.807, 2.05) is 43.3 Å². The van der Waals surface area contributed by atoms with Crippen molar-refractivity contribution >= 4 is 44.2 Å². The van der Waals surface area contributed by atoms with Gasteiger partial charge in [-0.1, -0.05) is 15.9 Å². The highest BCUT2D eigenvalue weighted by atomic mass is 79.9. The summed E-state index contributed by atoms with van der Waals surface area (Å²) in [7, 11) is 1.38. The number of halogens is 2. The predicted molar refractivity (Wildman–Crippen MR) is 95.2 cm³/mol. The third-order valence-electron chi connectivity index (χ3n) is 3.48. The Hall–Kier alpha value is -2.11. The summed E-state index contributed by atoms with van der Waals surface area (Å²) in [6.07, 6.45) is 0. The molecule has 1 heterocycles. The van der Waals surface area contributed by atoms with Crippen molar-refractivity contribution in [3.63, 3.8) is 0 Å². The second-order valence-electron chi connectivity index (χ2n) is 5.17. The third kappa shape index (κ3) is 3.86. The fourth-order valence-electron chi connectivity index (χ4n) is 2.40. The largest absolute Gasteiger partial charge is 1.00 e. The lowest BCUT2D eigenvalue weighted by Gasteiger charge is -2.12. The van der Waals surface area contributed by atoms with Gasteiger partial charge in [-0.25, -0.2) is 4.79 Å². The number of benzene rings is 2. The summed E-state index contributed by atoms with van der Waals surface area (Å²) in [6.45, 7) is 1.94. The summed E-state index contributed by atoms with van der Waals surface area (Å²) in [5.74, 6) is -0.359. The zero-order valence-corrected chi connectivity index (χ0v) is 15.5. The number of aryl methyl sites for hydroxylation is 1. The Kier molecular flexibility index (Phi) is 5.80. The number of ether oxygens (including phenoxy) is 1. The number of carbonyl (C=O) groups excluding carboxylic acids is 1. The van der Waals surface area contributed by atoms with E-state index in [0.29, 0.717) is 5.56 Å². The highest BCUT2D eigenvalue weighted by molar-refractivity contribution is 9.10. The standard InChI is InChI=1S/C18H15BrN2O2.ClH/c1-11-9-17(21-14-6-4-13(19)5-7-14)15-10-12(18(22)23-2)3-8-16(15)20-11;/h3-10H,1-2H3,(H,20,21);1H/p-1. The van der Waals surface area contributed by atoms with Crippen LogP contribution in [0.15, 0.2) is 53.0 Å². The van der Waals surface area contributed by atoms with Crippen LogP contribution in [0.2, 0.25) is 0 Å². The molecule has 0 aliphatic heterocycles. The fourth-order valence-corrected chi connectivity index (χ4v) is 2.66. The van der Waals surface area contributed by atoms with Gasteiger partial charge < -0.3 is 22.5 Å². The minimum Gasteiger partial charge on any atom is -1.00 e. The molecule has 0 spiro atoms. The van der Waals surface area contributed by atoms with Gasteiger partial charge in [-0.05, 0) is 55.5 Å². The van der Waals surface area contributed by atoms with Gasteiger partial charge in [-0.2, -0.15) is 0 Å². The summed E-state index contributed by atoms with van der Waals surface area (Å²) in [4.78, 5) is 16.3. The molecular formula is C18H15BrClN2O2-. The van der Waals surface area contributed by atoms with E-state index >= 15 is 0 Å². The van der Waals surface area contributed by atoms with Crippen molar-refractivity contribution in [2.24, 2.45) is 0 Å². The van der Waals surface area contributed by atoms with Gasteiger partial charge in [-0.3, -0.25) is 4.98 Å². The molecule has 3 aromatic rings. The molecule has 0 bridgehead atoms. The van der Waals surface area contributed by atoms with Gasteiger partial charge in [-0.15, -0.1) is 0 Å². The summed E-state index contributed by atoms with van der Waals surface area (Å²) in [6, 6.07) is 15.2. The van der Waals surface area contributed by atoms with Crippen LogP contribution in [0.3, 0.4) is 0 Å². The van der Waals surface area contributed by atoms with E-state index in [-0.39, 0.29) is 18.4 Å². The number of carbonyl (C=O) groups is 1. The van der Waals surface area contributed by atoms with E-state index in [4.69, 9.17) is 4.74 Å². The van der Waals surface area contributed by atoms with Gasteiger partial charge in [0.05, 0.1) is 18.2 Å². The van der Waals surface area contributed by atoms with E-state index in [9.17, 15) is 4.79 Å². The molecule has 0 saturated heterocycles. The number of hydrogen-bond acceptors (Lipinski definition) is 4. The van der Waals surface area contributed by atoms with Crippen LogP contribution in [0, 0.1) is 6.92 Å². The number of rotatable bonds is 3. The molecule has 6 heteroatoms. The molecule has 1 aromatic heterocycles. The second kappa shape index (κ2) is 7.64. The monoisotopic (exact) mass is 405 g/mol. The summed E-state index contributed by atoms with van der Waals surface area (Å²) in [5, 5.41) is 4.26. The molecule has 0 saturated carbocycles. The number of pyridine rings is 1. The molecule has 0 aliphatic rings. The lowest BCUT2D eigenvalue weighted by Crippen LogP contribution is -3.00. The van der Waals surface area contributed by atoms with Crippen molar-refractivity contribution < 1.29 is 21.9 Å². The summed E-state index contributed by atoms with van der Waals surface area (Å²) < 4.78 is 5.82. The Morgan fingerprint density at radius 2 is 1.83 bits per heavy atom. The van der Waals surface area contributed by atoms with Gasteiger partial charge >= 0.3 is 5.97 Å². The number of nitrogens with zero attached hydrogens (tertiary/aromatic N) is 1. The van der Waals surface area contributed by atoms with E-state index in [1.54, 1.807) is 12.1 Å². The first-order valence-corrected chi connectivity index (χ1v) is 7.88. The molecule has 0 unspecified atom stereocenters. The van der Waals surface area contributed by atoms with E-state index < -0.39 is 0 Å². The topological polar surface area (TPSA) is 51.2 Å². The normalized spacial score (nSPS) is 10.1. The molecule has 0 atom stereocenters. The zero-order chi connectivity index (χ0) is 16.4. The van der Waals surface area contributed by atoms with Crippen LogP contribution in [0.5, 0.6) is 0 Å². The molecular weight excluding hydrogens is 392 g/mol.